The molecule has 6 heteroatoms. The molecule has 2 heterocycles. The fourth-order valence-corrected chi connectivity index (χ4v) is 5.07. The number of thiophene rings is 1. The van der Waals surface area contributed by atoms with Crippen molar-refractivity contribution >= 4 is 33.2 Å². The van der Waals surface area contributed by atoms with E-state index in [2.05, 4.69) is 6.58 Å². The van der Waals surface area contributed by atoms with Gasteiger partial charge in [0.15, 0.2) is 0 Å². The molecule has 0 unspecified atom stereocenters. The maximum Gasteiger partial charge on any atom is 0.337 e. The molecule has 0 aliphatic heterocycles. The number of allylic oxidation sites excluding steroid dienone is 1. The number of rotatable bonds is 3. The van der Waals surface area contributed by atoms with Crippen molar-refractivity contribution < 1.29 is 0 Å². The number of aromatic nitrogens is 2. The van der Waals surface area contributed by atoms with Crippen LogP contribution in [-0.2, 0) is 19.4 Å². The average molecular weight is 373 g/mol. The molecule has 1 aromatic carbocycles. The molecule has 128 valence electrons. The number of benzene rings is 1. The minimum atomic E-state index is -0.349. The zero-order chi connectivity index (χ0) is 17.6. The topological polar surface area (TPSA) is 44.0 Å². The largest absolute Gasteiger partial charge is 0.337 e. The molecular formula is C19H17ClN2O2S. The molecule has 0 amide bonds. The van der Waals surface area contributed by atoms with Crippen molar-refractivity contribution in [3.05, 3.63) is 73.2 Å². The normalized spacial score (nSPS) is 13.8. The van der Waals surface area contributed by atoms with Gasteiger partial charge in [-0.15, -0.1) is 17.9 Å². The Balaban J connectivity index is 2.15. The highest BCUT2D eigenvalue weighted by Crippen LogP contribution is 2.34. The fraction of sp³-hybridized carbons (Fsp3) is 0.263. The lowest BCUT2D eigenvalue weighted by atomic mass is 9.97. The summed E-state index contributed by atoms with van der Waals surface area (Å²) in [6.45, 7) is 4.13. The molecule has 0 atom stereocenters. The van der Waals surface area contributed by atoms with Gasteiger partial charge in [-0.2, -0.15) is 0 Å². The second kappa shape index (κ2) is 6.32. The molecular weight excluding hydrogens is 356 g/mol. The van der Waals surface area contributed by atoms with Gasteiger partial charge in [-0.1, -0.05) is 23.7 Å². The lowest BCUT2D eigenvalue weighted by Gasteiger charge is -2.12. The van der Waals surface area contributed by atoms with Crippen LogP contribution in [0.15, 0.2) is 46.5 Å². The molecule has 1 aliphatic carbocycles. The van der Waals surface area contributed by atoms with E-state index in [4.69, 9.17) is 11.6 Å². The molecule has 25 heavy (non-hydrogen) atoms. The van der Waals surface area contributed by atoms with E-state index in [0.717, 1.165) is 36.1 Å². The molecule has 4 nitrogen and oxygen atoms in total. The lowest BCUT2D eigenvalue weighted by molar-refractivity contribution is 0.697. The van der Waals surface area contributed by atoms with Crippen molar-refractivity contribution in [2.24, 2.45) is 0 Å². The van der Waals surface area contributed by atoms with Crippen LogP contribution >= 0.6 is 22.9 Å². The molecule has 0 spiro atoms. The molecule has 1 aliphatic rings. The molecule has 0 N–H and O–H groups in total. The molecule has 0 bridgehead atoms. The van der Waals surface area contributed by atoms with Crippen molar-refractivity contribution in [3.8, 4) is 5.69 Å². The highest BCUT2D eigenvalue weighted by atomic mass is 35.5. The minimum Gasteiger partial charge on any atom is -0.280 e. The van der Waals surface area contributed by atoms with Crippen LogP contribution in [0.1, 0.15) is 23.3 Å². The summed E-state index contributed by atoms with van der Waals surface area (Å²) >= 11 is 7.65. The van der Waals surface area contributed by atoms with E-state index in [9.17, 15) is 9.59 Å². The lowest BCUT2D eigenvalue weighted by Crippen LogP contribution is -2.38. The van der Waals surface area contributed by atoms with E-state index in [1.54, 1.807) is 46.2 Å². The van der Waals surface area contributed by atoms with E-state index in [0.29, 0.717) is 22.6 Å². The minimum absolute atomic E-state index is 0.248. The van der Waals surface area contributed by atoms with E-state index in [-0.39, 0.29) is 11.2 Å². The second-order valence-electron chi connectivity index (χ2n) is 6.19. The third-order valence-corrected chi connectivity index (χ3v) is 6.16. The van der Waals surface area contributed by atoms with Crippen LogP contribution in [0.2, 0.25) is 5.02 Å². The Morgan fingerprint density at radius 3 is 2.80 bits per heavy atom. The van der Waals surface area contributed by atoms with Crippen LogP contribution in [0.5, 0.6) is 0 Å². The third kappa shape index (κ3) is 2.58. The van der Waals surface area contributed by atoms with Crippen molar-refractivity contribution in [2.75, 3.05) is 0 Å². The quantitative estimate of drug-likeness (QED) is 0.654. The number of hydrogen-bond donors (Lipinski definition) is 0. The van der Waals surface area contributed by atoms with Crippen LogP contribution in [0, 0.1) is 0 Å². The van der Waals surface area contributed by atoms with Gasteiger partial charge in [0.05, 0.1) is 11.1 Å². The SMILES string of the molecule is C=CCn1c(=O)n(-c2cccc(Cl)c2)c(=O)c2c3c(sc21)CCCC3. The molecule has 0 radical (unpaired) electrons. The first-order valence-electron chi connectivity index (χ1n) is 8.28. The fourth-order valence-electron chi connectivity index (χ4n) is 3.50. The summed E-state index contributed by atoms with van der Waals surface area (Å²) in [7, 11) is 0. The molecule has 2 aromatic heterocycles. The molecule has 4 rings (SSSR count). The van der Waals surface area contributed by atoms with Gasteiger partial charge < -0.3 is 0 Å². The maximum atomic E-state index is 13.2. The van der Waals surface area contributed by atoms with E-state index >= 15 is 0 Å². The Labute approximate surface area is 153 Å². The third-order valence-electron chi connectivity index (χ3n) is 4.62. The molecule has 0 saturated carbocycles. The Hall–Kier alpha value is -2.11. The van der Waals surface area contributed by atoms with Gasteiger partial charge in [0.2, 0.25) is 0 Å². The van der Waals surface area contributed by atoms with Crippen molar-refractivity contribution in [3.63, 3.8) is 0 Å². The first-order valence-corrected chi connectivity index (χ1v) is 9.48. The van der Waals surface area contributed by atoms with Crippen LogP contribution < -0.4 is 11.2 Å². The monoisotopic (exact) mass is 372 g/mol. The second-order valence-corrected chi connectivity index (χ2v) is 7.71. The Bertz CT molecular complexity index is 1110. The van der Waals surface area contributed by atoms with Crippen molar-refractivity contribution in [2.45, 2.75) is 32.2 Å². The molecule has 0 saturated heterocycles. The number of aryl methyl sites for hydroxylation is 2. The first kappa shape index (κ1) is 16.4. The van der Waals surface area contributed by atoms with Gasteiger partial charge in [-0.3, -0.25) is 9.36 Å². The summed E-state index contributed by atoms with van der Waals surface area (Å²) in [5.74, 6) is 0. The van der Waals surface area contributed by atoms with Gasteiger partial charge in [-0.05, 0) is 49.4 Å². The summed E-state index contributed by atoms with van der Waals surface area (Å²) in [5, 5.41) is 1.17. The van der Waals surface area contributed by atoms with E-state index in [1.165, 1.54) is 9.44 Å². The van der Waals surface area contributed by atoms with Gasteiger partial charge in [0, 0.05) is 16.4 Å². The predicted octanol–water partition coefficient (Wildman–Crippen LogP) is 3.93. The Morgan fingerprint density at radius 2 is 2.04 bits per heavy atom. The zero-order valence-electron chi connectivity index (χ0n) is 13.6. The van der Waals surface area contributed by atoms with Crippen LogP contribution in [0.4, 0.5) is 0 Å². The summed E-state index contributed by atoms with van der Waals surface area (Å²) in [4.78, 5) is 28.3. The number of halogens is 1. The Morgan fingerprint density at radius 1 is 1.24 bits per heavy atom. The first-order chi connectivity index (χ1) is 12.1. The summed E-state index contributed by atoms with van der Waals surface area (Å²) in [5.41, 5.74) is 1.02. The predicted molar refractivity (Wildman–Crippen MR) is 104 cm³/mol. The van der Waals surface area contributed by atoms with Gasteiger partial charge >= 0.3 is 5.69 Å². The highest BCUT2D eigenvalue weighted by Gasteiger charge is 2.23. The average Bonchev–Trinajstić information content (AvgIpc) is 2.98. The van der Waals surface area contributed by atoms with Gasteiger partial charge in [0.1, 0.15) is 4.83 Å². The molecule has 3 aromatic rings. The summed E-state index contributed by atoms with van der Waals surface area (Å²) in [6.07, 6.45) is 5.77. The Kier molecular flexibility index (Phi) is 4.13. The number of nitrogens with zero attached hydrogens (tertiary/aromatic N) is 2. The van der Waals surface area contributed by atoms with Crippen LogP contribution in [0.25, 0.3) is 15.9 Å². The van der Waals surface area contributed by atoms with Crippen molar-refractivity contribution in [1.29, 1.82) is 0 Å². The molecule has 0 fully saturated rings. The highest BCUT2D eigenvalue weighted by molar-refractivity contribution is 7.18. The van der Waals surface area contributed by atoms with Crippen LogP contribution in [-0.4, -0.2) is 9.13 Å². The van der Waals surface area contributed by atoms with Crippen LogP contribution in [0.3, 0.4) is 0 Å². The number of hydrogen-bond acceptors (Lipinski definition) is 3. The maximum absolute atomic E-state index is 13.2. The van der Waals surface area contributed by atoms with E-state index in [1.807, 2.05) is 0 Å². The number of fused-ring (bicyclic) bond motifs is 3. The smallest absolute Gasteiger partial charge is 0.280 e. The van der Waals surface area contributed by atoms with Gasteiger partial charge in [-0.25, -0.2) is 9.36 Å². The standard InChI is InChI=1S/C19H17ClN2O2S/c1-2-10-21-18-16(14-8-3-4-9-15(14)25-18)17(23)22(19(21)24)13-7-5-6-12(20)11-13/h2,5-7,11H,1,3-4,8-10H2. The van der Waals surface area contributed by atoms with E-state index < -0.39 is 0 Å². The zero-order valence-corrected chi connectivity index (χ0v) is 15.2. The summed E-state index contributed by atoms with van der Waals surface area (Å²) in [6, 6.07) is 6.85. The summed E-state index contributed by atoms with van der Waals surface area (Å²) < 4.78 is 2.88. The van der Waals surface area contributed by atoms with Gasteiger partial charge in [0.25, 0.3) is 5.56 Å². The van der Waals surface area contributed by atoms with Crippen molar-refractivity contribution in [1.82, 2.24) is 9.13 Å².